The third kappa shape index (κ3) is 6.61. The molecule has 1 unspecified atom stereocenters. The van der Waals surface area contributed by atoms with Gasteiger partial charge in [-0.05, 0) is 30.5 Å². The molecule has 0 bridgehead atoms. The monoisotopic (exact) mass is 468 g/mol. The summed E-state index contributed by atoms with van der Waals surface area (Å²) in [7, 11) is 3.42. The van der Waals surface area contributed by atoms with Crippen LogP contribution in [0.4, 0.5) is 0 Å². The maximum atomic E-state index is 13.0. The van der Waals surface area contributed by atoms with Crippen LogP contribution in [0.25, 0.3) is 0 Å². The second-order valence-corrected chi connectivity index (χ2v) is 8.58. The summed E-state index contributed by atoms with van der Waals surface area (Å²) < 4.78 is 5.16. The molecule has 1 aliphatic heterocycles. The van der Waals surface area contributed by atoms with Crippen molar-refractivity contribution >= 4 is 46.9 Å². The summed E-state index contributed by atoms with van der Waals surface area (Å²) in [5.74, 6) is -0.410. The van der Waals surface area contributed by atoms with Gasteiger partial charge in [0.05, 0.1) is 7.11 Å². The molecule has 1 heterocycles. The van der Waals surface area contributed by atoms with Crippen molar-refractivity contribution in [3.05, 3.63) is 29.8 Å². The van der Waals surface area contributed by atoms with E-state index in [0.29, 0.717) is 16.5 Å². The second kappa shape index (κ2) is 12.0. The molecule has 2 aliphatic rings. The molecular weight excluding hydrogens is 440 g/mol. The smallest absolute Gasteiger partial charge is 0.310 e. The van der Waals surface area contributed by atoms with Crippen LogP contribution < -0.4 is 15.5 Å². The van der Waals surface area contributed by atoms with Crippen LogP contribution in [0.15, 0.2) is 29.4 Å². The number of carbonyl (C=O) groups is 3. The van der Waals surface area contributed by atoms with Crippen LogP contribution in [0.3, 0.4) is 0 Å². The largest absolute Gasteiger partial charge is 0.497 e. The fourth-order valence-corrected chi connectivity index (χ4v) is 4.57. The highest BCUT2D eigenvalue weighted by Crippen LogP contribution is 2.26. The third-order valence-corrected chi connectivity index (χ3v) is 6.48. The highest BCUT2D eigenvalue weighted by Gasteiger charge is 2.31. The lowest BCUT2D eigenvalue weighted by Crippen LogP contribution is -2.43. The van der Waals surface area contributed by atoms with Crippen LogP contribution in [0.2, 0.25) is 0 Å². The molecule has 31 heavy (non-hydrogen) atoms. The number of hydrogen-bond acceptors (Lipinski definition) is 6. The van der Waals surface area contributed by atoms with E-state index in [9.17, 15) is 14.4 Å². The van der Waals surface area contributed by atoms with Gasteiger partial charge in [-0.3, -0.25) is 14.4 Å². The molecule has 0 aromatic heterocycles. The molecule has 2 fully saturated rings. The zero-order valence-corrected chi connectivity index (χ0v) is 19.4. The lowest BCUT2D eigenvalue weighted by molar-refractivity contribution is -0.140. The highest BCUT2D eigenvalue weighted by atomic mass is 35.5. The van der Waals surface area contributed by atoms with Crippen LogP contribution in [-0.4, -0.2) is 54.1 Å². The number of thioether (sulfide) groups is 1. The molecule has 1 aliphatic carbocycles. The molecule has 8 nitrogen and oxygen atoms in total. The minimum absolute atomic E-state index is 0. The van der Waals surface area contributed by atoms with Gasteiger partial charge >= 0.3 is 5.91 Å². The summed E-state index contributed by atoms with van der Waals surface area (Å²) in [5, 5.41) is 7.51. The summed E-state index contributed by atoms with van der Waals surface area (Å²) in [6.45, 7) is 0.833. The number of methoxy groups -OCH3 is 1. The Morgan fingerprint density at radius 2 is 1.84 bits per heavy atom. The first-order chi connectivity index (χ1) is 14.5. The minimum Gasteiger partial charge on any atom is -0.497 e. The van der Waals surface area contributed by atoms with E-state index in [-0.39, 0.29) is 24.2 Å². The number of rotatable bonds is 7. The molecule has 1 aromatic rings. The highest BCUT2D eigenvalue weighted by molar-refractivity contribution is 8.14. The van der Waals surface area contributed by atoms with Crippen molar-refractivity contribution in [3.63, 3.8) is 0 Å². The van der Waals surface area contributed by atoms with Gasteiger partial charge in [-0.2, -0.15) is 0 Å². The number of amidine groups is 1. The van der Waals surface area contributed by atoms with Crippen LogP contribution in [0.5, 0.6) is 5.75 Å². The second-order valence-electron chi connectivity index (χ2n) is 7.52. The van der Waals surface area contributed by atoms with Gasteiger partial charge in [-0.1, -0.05) is 43.2 Å². The molecule has 2 amide bonds. The van der Waals surface area contributed by atoms with Crippen LogP contribution in [0.1, 0.15) is 43.7 Å². The zero-order valence-electron chi connectivity index (χ0n) is 17.8. The van der Waals surface area contributed by atoms with E-state index >= 15 is 0 Å². The molecule has 170 valence electrons. The van der Waals surface area contributed by atoms with Crippen molar-refractivity contribution in [1.29, 1.82) is 0 Å². The lowest BCUT2D eigenvalue weighted by Gasteiger charge is -2.24. The van der Waals surface area contributed by atoms with Gasteiger partial charge < -0.3 is 15.0 Å². The topological polar surface area (TPSA) is 100 Å². The third-order valence-electron chi connectivity index (χ3n) is 5.44. The fourth-order valence-electron chi connectivity index (χ4n) is 3.60. The Labute approximate surface area is 192 Å². The summed E-state index contributed by atoms with van der Waals surface area (Å²) in [4.78, 5) is 40.2. The molecule has 2 N–H and O–H groups in total. The number of carbonyl (C=O) groups excluding carboxylic acids is 3. The van der Waals surface area contributed by atoms with Gasteiger partial charge in [0.25, 0.3) is 0 Å². The Bertz CT molecular complexity index is 812. The average Bonchev–Trinajstić information content (AvgIpc) is 3.20. The molecule has 1 saturated carbocycles. The van der Waals surface area contributed by atoms with E-state index in [1.165, 1.54) is 11.8 Å². The van der Waals surface area contributed by atoms with E-state index in [2.05, 4.69) is 15.8 Å². The zero-order chi connectivity index (χ0) is 21.5. The molecular formula is C21H29ClN4O4S. The number of ketones is 1. The molecule has 1 atom stereocenters. The van der Waals surface area contributed by atoms with Crippen LogP contribution >= 0.6 is 24.2 Å². The molecule has 1 saturated heterocycles. The van der Waals surface area contributed by atoms with Crippen molar-refractivity contribution < 1.29 is 19.1 Å². The van der Waals surface area contributed by atoms with Gasteiger partial charge in [0, 0.05) is 25.3 Å². The standard InChI is InChI=1S/C21H28N4O4S.ClH/c1-25-12-13-30-21(25)24-23-20(28)18(26)17(14-8-10-16(29-2)11-9-14)22-19(27)15-6-4-3-5-7-15;/h8-11,15,17H,3-7,12-13H2,1-2H3,(H,22,27)(H,23,28);1H/b24-21-;. The van der Waals surface area contributed by atoms with Crippen molar-refractivity contribution in [2.45, 2.75) is 38.1 Å². The Balaban J connectivity index is 0.00000341. The maximum Gasteiger partial charge on any atom is 0.310 e. The summed E-state index contributed by atoms with van der Waals surface area (Å²) >= 11 is 1.51. The van der Waals surface area contributed by atoms with Crippen molar-refractivity contribution in [2.75, 3.05) is 26.5 Å². The first-order valence-corrected chi connectivity index (χ1v) is 11.2. The molecule has 10 heteroatoms. The normalized spacial score (nSPS) is 18.8. The molecule has 3 rings (SSSR count). The minimum atomic E-state index is -1.07. The maximum absolute atomic E-state index is 13.0. The Morgan fingerprint density at radius 3 is 2.42 bits per heavy atom. The van der Waals surface area contributed by atoms with E-state index in [1.54, 1.807) is 31.4 Å². The van der Waals surface area contributed by atoms with Gasteiger partial charge in [0.1, 0.15) is 11.8 Å². The first kappa shape index (κ1) is 25.0. The predicted molar refractivity (Wildman–Crippen MR) is 123 cm³/mol. The Kier molecular flexibility index (Phi) is 9.64. The number of benzene rings is 1. The number of hydrogen-bond donors (Lipinski definition) is 2. The molecule has 0 spiro atoms. The predicted octanol–water partition coefficient (Wildman–Crippen LogP) is 2.49. The van der Waals surface area contributed by atoms with Gasteiger partial charge in [0.15, 0.2) is 5.17 Å². The van der Waals surface area contributed by atoms with E-state index in [1.807, 2.05) is 11.9 Å². The first-order valence-electron chi connectivity index (χ1n) is 10.2. The van der Waals surface area contributed by atoms with E-state index in [4.69, 9.17) is 4.74 Å². The molecule has 1 aromatic carbocycles. The molecule has 0 radical (unpaired) electrons. The Hall–Kier alpha value is -2.26. The van der Waals surface area contributed by atoms with Crippen LogP contribution in [-0.2, 0) is 14.4 Å². The quantitative estimate of drug-likeness (QED) is 0.471. The van der Waals surface area contributed by atoms with Gasteiger partial charge in [-0.15, -0.1) is 17.5 Å². The van der Waals surface area contributed by atoms with Gasteiger partial charge in [-0.25, -0.2) is 5.43 Å². The number of ether oxygens (including phenoxy) is 1. The van der Waals surface area contributed by atoms with E-state index < -0.39 is 17.7 Å². The summed E-state index contributed by atoms with van der Waals surface area (Å²) in [6.07, 6.45) is 4.74. The van der Waals surface area contributed by atoms with Crippen LogP contribution in [0, 0.1) is 5.92 Å². The number of halogens is 1. The summed E-state index contributed by atoms with van der Waals surface area (Å²) in [6, 6.07) is 5.69. The van der Waals surface area contributed by atoms with Gasteiger partial charge in [0.2, 0.25) is 11.7 Å². The number of nitrogens with zero attached hydrogens (tertiary/aromatic N) is 2. The van der Waals surface area contributed by atoms with Crippen molar-refractivity contribution in [2.24, 2.45) is 11.0 Å². The number of hydrazone groups is 1. The van der Waals surface area contributed by atoms with Crippen molar-refractivity contribution in [3.8, 4) is 5.75 Å². The number of nitrogens with one attached hydrogen (secondary N) is 2. The average molecular weight is 469 g/mol. The lowest BCUT2D eigenvalue weighted by atomic mass is 9.88. The summed E-state index contributed by atoms with van der Waals surface area (Å²) in [5.41, 5.74) is 2.87. The number of amides is 2. The number of Topliss-reactive ketones (excluding diaryl/α,β-unsaturated/α-hetero) is 1. The van der Waals surface area contributed by atoms with Crippen molar-refractivity contribution in [1.82, 2.24) is 15.6 Å². The van der Waals surface area contributed by atoms with E-state index in [0.717, 1.165) is 44.4 Å². The SMILES string of the molecule is COc1ccc(C(NC(=O)C2CCCCC2)C(=O)C(=O)N/N=C2\SCCN2C)cc1.Cl. The Morgan fingerprint density at radius 1 is 1.16 bits per heavy atom. The fraction of sp³-hybridized carbons (Fsp3) is 0.524.